The van der Waals surface area contributed by atoms with Gasteiger partial charge in [0.05, 0.1) is 10.4 Å². The zero-order chi connectivity index (χ0) is 12.6. The Hall–Kier alpha value is -0.870. The Labute approximate surface area is 116 Å². The maximum absolute atomic E-state index is 6.03. The standard InChI is InChI=1S/C14H15ClN2S/c15-12-7-6-11(18-12)13(17-16)14(8-9-14)10-4-2-1-3-5-10/h1-7,13,17H,8-9,16H2. The van der Waals surface area contributed by atoms with Gasteiger partial charge in [-0.2, -0.15) is 0 Å². The van der Waals surface area contributed by atoms with E-state index in [-0.39, 0.29) is 11.5 Å². The van der Waals surface area contributed by atoms with E-state index in [1.165, 1.54) is 23.3 Å². The molecule has 3 rings (SSSR count). The number of hydrazine groups is 1. The van der Waals surface area contributed by atoms with Gasteiger partial charge in [-0.3, -0.25) is 11.3 Å². The number of nitrogens with one attached hydrogen (secondary N) is 1. The lowest BCUT2D eigenvalue weighted by molar-refractivity contribution is 0.445. The molecule has 1 aromatic heterocycles. The van der Waals surface area contributed by atoms with Gasteiger partial charge in [0.1, 0.15) is 0 Å². The van der Waals surface area contributed by atoms with E-state index in [4.69, 9.17) is 17.4 Å². The van der Waals surface area contributed by atoms with Crippen LogP contribution in [0.15, 0.2) is 42.5 Å². The van der Waals surface area contributed by atoms with Gasteiger partial charge in [0, 0.05) is 10.3 Å². The van der Waals surface area contributed by atoms with Gasteiger partial charge in [-0.1, -0.05) is 41.9 Å². The predicted octanol–water partition coefficient (Wildman–Crippen LogP) is 3.64. The third-order valence-corrected chi connectivity index (χ3v) is 5.03. The minimum absolute atomic E-state index is 0.143. The van der Waals surface area contributed by atoms with E-state index >= 15 is 0 Å². The minimum Gasteiger partial charge on any atom is -0.271 e. The highest BCUT2D eigenvalue weighted by Gasteiger charge is 2.51. The van der Waals surface area contributed by atoms with Gasteiger partial charge in [-0.25, -0.2) is 0 Å². The summed E-state index contributed by atoms with van der Waals surface area (Å²) in [5, 5.41) is 0. The van der Waals surface area contributed by atoms with Crippen molar-refractivity contribution in [1.29, 1.82) is 0 Å². The van der Waals surface area contributed by atoms with Gasteiger partial charge in [-0.15, -0.1) is 11.3 Å². The first-order valence-electron chi connectivity index (χ1n) is 6.03. The first-order chi connectivity index (χ1) is 8.76. The molecule has 1 atom stereocenters. The molecule has 0 saturated heterocycles. The average molecular weight is 279 g/mol. The van der Waals surface area contributed by atoms with Crippen molar-refractivity contribution in [3.63, 3.8) is 0 Å². The largest absolute Gasteiger partial charge is 0.271 e. The van der Waals surface area contributed by atoms with Gasteiger partial charge in [0.2, 0.25) is 0 Å². The third-order valence-electron chi connectivity index (χ3n) is 3.74. The van der Waals surface area contributed by atoms with E-state index in [1.807, 2.05) is 12.1 Å². The van der Waals surface area contributed by atoms with E-state index in [2.05, 4.69) is 35.8 Å². The van der Waals surface area contributed by atoms with Gasteiger partial charge < -0.3 is 0 Å². The zero-order valence-corrected chi connectivity index (χ0v) is 11.5. The Morgan fingerprint density at radius 1 is 1.17 bits per heavy atom. The van der Waals surface area contributed by atoms with Crippen molar-refractivity contribution in [2.45, 2.75) is 24.3 Å². The zero-order valence-electron chi connectivity index (χ0n) is 9.90. The fraction of sp³-hybridized carbons (Fsp3) is 0.286. The van der Waals surface area contributed by atoms with E-state index < -0.39 is 0 Å². The first kappa shape index (κ1) is 12.2. The Balaban J connectivity index is 1.97. The van der Waals surface area contributed by atoms with Crippen LogP contribution in [0.2, 0.25) is 4.34 Å². The van der Waals surface area contributed by atoms with Crippen LogP contribution in [-0.4, -0.2) is 0 Å². The highest BCUT2D eigenvalue weighted by Crippen LogP contribution is 2.57. The second kappa shape index (κ2) is 4.67. The summed E-state index contributed by atoms with van der Waals surface area (Å²) in [5.41, 5.74) is 4.49. The molecule has 2 aromatic rings. The summed E-state index contributed by atoms with van der Waals surface area (Å²) in [7, 11) is 0. The van der Waals surface area contributed by atoms with E-state index in [9.17, 15) is 0 Å². The maximum Gasteiger partial charge on any atom is 0.0931 e. The van der Waals surface area contributed by atoms with Crippen molar-refractivity contribution in [2.24, 2.45) is 5.84 Å². The van der Waals surface area contributed by atoms with E-state index in [0.717, 1.165) is 4.34 Å². The van der Waals surface area contributed by atoms with Crippen molar-refractivity contribution < 1.29 is 0 Å². The molecule has 1 aromatic carbocycles. The van der Waals surface area contributed by atoms with Crippen LogP contribution >= 0.6 is 22.9 Å². The normalized spacial score (nSPS) is 18.6. The van der Waals surface area contributed by atoms with Gasteiger partial charge >= 0.3 is 0 Å². The molecule has 1 fully saturated rings. The topological polar surface area (TPSA) is 38.0 Å². The van der Waals surface area contributed by atoms with Crippen molar-refractivity contribution in [2.75, 3.05) is 0 Å². The molecule has 0 amide bonds. The second-order valence-corrected chi connectivity index (χ2v) is 6.51. The predicted molar refractivity (Wildman–Crippen MR) is 76.7 cm³/mol. The van der Waals surface area contributed by atoms with Crippen molar-refractivity contribution in [3.05, 3.63) is 57.2 Å². The van der Waals surface area contributed by atoms with E-state index in [0.29, 0.717) is 0 Å². The molecule has 1 aliphatic rings. The lowest BCUT2D eigenvalue weighted by Gasteiger charge is -2.26. The molecule has 0 bridgehead atoms. The summed E-state index contributed by atoms with van der Waals surface area (Å²) in [6.07, 6.45) is 2.34. The quantitative estimate of drug-likeness (QED) is 0.662. The van der Waals surface area contributed by atoms with Crippen molar-refractivity contribution in [3.8, 4) is 0 Å². The Morgan fingerprint density at radius 3 is 2.39 bits per heavy atom. The fourth-order valence-corrected chi connectivity index (χ4v) is 3.89. The molecule has 4 heteroatoms. The lowest BCUT2D eigenvalue weighted by atomic mass is 9.87. The molecule has 0 radical (unpaired) electrons. The molecule has 3 N–H and O–H groups in total. The summed E-state index contributed by atoms with van der Waals surface area (Å²) in [5.74, 6) is 5.79. The fourth-order valence-electron chi connectivity index (χ4n) is 2.65. The van der Waals surface area contributed by atoms with E-state index in [1.54, 1.807) is 11.3 Å². The molecule has 0 aliphatic heterocycles. The van der Waals surface area contributed by atoms with Gasteiger partial charge in [0.25, 0.3) is 0 Å². The number of rotatable bonds is 4. The van der Waals surface area contributed by atoms with Crippen LogP contribution in [0.25, 0.3) is 0 Å². The van der Waals surface area contributed by atoms with Crippen LogP contribution in [-0.2, 0) is 5.41 Å². The highest BCUT2D eigenvalue weighted by molar-refractivity contribution is 7.16. The molecule has 1 unspecified atom stereocenters. The summed E-state index contributed by atoms with van der Waals surface area (Å²) >= 11 is 7.63. The van der Waals surface area contributed by atoms with Gasteiger partial charge in [-0.05, 0) is 30.5 Å². The van der Waals surface area contributed by atoms with Crippen LogP contribution in [0.4, 0.5) is 0 Å². The number of hydrogen-bond donors (Lipinski definition) is 2. The summed E-state index contributed by atoms with van der Waals surface area (Å²) in [4.78, 5) is 1.21. The summed E-state index contributed by atoms with van der Waals surface area (Å²) < 4.78 is 0.814. The molecule has 0 spiro atoms. The first-order valence-corrected chi connectivity index (χ1v) is 7.22. The van der Waals surface area contributed by atoms with Crippen LogP contribution in [0.1, 0.15) is 29.3 Å². The smallest absolute Gasteiger partial charge is 0.0931 e. The Bertz CT molecular complexity index is 534. The lowest BCUT2D eigenvalue weighted by Crippen LogP contribution is -2.36. The average Bonchev–Trinajstić information content (AvgIpc) is 3.09. The monoisotopic (exact) mass is 278 g/mol. The van der Waals surface area contributed by atoms with Crippen molar-refractivity contribution >= 4 is 22.9 Å². The van der Waals surface area contributed by atoms with Crippen LogP contribution in [0.5, 0.6) is 0 Å². The maximum atomic E-state index is 6.03. The SMILES string of the molecule is NNC(c1ccc(Cl)s1)C1(c2ccccc2)CC1. The molecule has 1 heterocycles. The Kier molecular flexibility index (Phi) is 3.16. The molecular formula is C14H15ClN2S. The summed E-state index contributed by atoms with van der Waals surface area (Å²) in [6.45, 7) is 0. The molecule has 2 nitrogen and oxygen atoms in total. The summed E-state index contributed by atoms with van der Waals surface area (Å²) in [6, 6.07) is 14.8. The van der Waals surface area contributed by atoms with Gasteiger partial charge in [0.15, 0.2) is 0 Å². The number of hydrogen-bond acceptors (Lipinski definition) is 3. The highest BCUT2D eigenvalue weighted by atomic mass is 35.5. The number of thiophene rings is 1. The van der Waals surface area contributed by atoms with Crippen LogP contribution in [0, 0.1) is 0 Å². The molecular weight excluding hydrogens is 264 g/mol. The number of nitrogens with two attached hydrogens (primary N) is 1. The van der Waals surface area contributed by atoms with Crippen LogP contribution < -0.4 is 11.3 Å². The third kappa shape index (κ3) is 1.97. The Morgan fingerprint density at radius 2 is 1.89 bits per heavy atom. The molecule has 94 valence electrons. The number of benzene rings is 1. The number of halogens is 1. The molecule has 1 saturated carbocycles. The molecule has 1 aliphatic carbocycles. The molecule has 18 heavy (non-hydrogen) atoms. The van der Waals surface area contributed by atoms with Crippen LogP contribution in [0.3, 0.4) is 0 Å². The minimum atomic E-state index is 0.143. The second-order valence-electron chi connectivity index (χ2n) is 4.76. The van der Waals surface area contributed by atoms with Crippen molar-refractivity contribution in [1.82, 2.24) is 5.43 Å².